The van der Waals surface area contributed by atoms with Crippen molar-refractivity contribution in [3.63, 3.8) is 0 Å². The Bertz CT molecular complexity index is 1500. The second kappa shape index (κ2) is 10.4. The van der Waals surface area contributed by atoms with Crippen molar-refractivity contribution in [2.45, 2.75) is 77.0 Å². The summed E-state index contributed by atoms with van der Waals surface area (Å²) in [5, 5.41) is 14.1. The van der Waals surface area contributed by atoms with Crippen molar-refractivity contribution in [1.29, 1.82) is 0 Å². The van der Waals surface area contributed by atoms with E-state index in [-0.39, 0.29) is 22.7 Å². The van der Waals surface area contributed by atoms with Crippen LogP contribution in [0.5, 0.6) is 0 Å². The van der Waals surface area contributed by atoms with Gasteiger partial charge in [-0.05, 0) is 99.2 Å². The van der Waals surface area contributed by atoms with Crippen LogP contribution in [0.25, 0.3) is 5.65 Å². The van der Waals surface area contributed by atoms with Gasteiger partial charge in [0.1, 0.15) is 0 Å². The van der Waals surface area contributed by atoms with E-state index in [1.54, 1.807) is 4.52 Å². The van der Waals surface area contributed by atoms with Crippen LogP contribution in [-0.2, 0) is 10.2 Å². The van der Waals surface area contributed by atoms with E-state index in [1.165, 1.54) is 18.4 Å². The van der Waals surface area contributed by atoms with Gasteiger partial charge in [0.15, 0.2) is 5.65 Å². The maximum absolute atomic E-state index is 13.7. The molecule has 4 heterocycles. The number of nitrogens with zero attached hydrogens (tertiary/aromatic N) is 5. The molecule has 8 nitrogen and oxygen atoms in total. The second-order valence-electron chi connectivity index (χ2n) is 14.1. The second-order valence-corrected chi connectivity index (χ2v) is 14.1. The summed E-state index contributed by atoms with van der Waals surface area (Å²) in [5.74, 6) is 0.764. The van der Waals surface area contributed by atoms with Gasteiger partial charge in [-0.3, -0.25) is 9.59 Å². The number of aliphatic carboxylic acids is 1. The molecule has 1 spiro atoms. The number of benzene rings is 1. The molecule has 1 amide bonds. The number of carboxylic acids is 1. The number of carbonyl (C=O) groups is 2. The summed E-state index contributed by atoms with van der Waals surface area (Å²) in [4.78, 5) is 34.2. The zero-order valence-electron chi connectivity index (χ0n) is 25.0. The molecule has 222 valence electrons. The van der Waals surface area contributed by atoms with Crippen LogP contribution in [0, 0.1) is 30.1 Å². The predicted molar refractivity (Wildman–Crippen MR) is 162 cm³/mol. The van der Waals surface area contributed by atoms with Gasteiger partial charge in [0.2, 0.25) is 5.82 Å². The van der Waals surface area contributed by atoms with E-state index in [0.717, 1.165) is 88.0 Å². The third-order valence-electron chi connectivity index (χ3n) is 11.4. The highest BCUT2D eigenvalue weighted by Gasteiger charge is 2.48. The number of amides is 1. The Morgan fingerprint density at radius 3 is 2.50 bits per heavy atom. The van der Waals surface area contributed by atoms with Crippen molar-refractivity contribution < 1.29 is 14.7 Å². The largest absolute Gasteiger partial charge is 0.481 e. The normalized spacial score (nSPS) is 31.4. The lowest BCUT2D eigenvalue weighted by Gasteiger charge is -2.32. The third kappa shape index (κ3) is 4.86. The fourth-order valence-electron chi connectivity index (χ4n) is 8.76. The topological polar surface area (TPSA) is 91.0 Å². The Morgan fingerprint density at radius 1 is 0.952 bits per heavy atom. The van der Waals surface area contributed by atoms with Crippen molar-refractivity contribution in [1.82, 2.24) is 19.5 Å². The van der Waals surface area contributed by atoms with E-state index in [9.17, 15) is 14.7 Å². The summed E-state index contributed by atoms with van der Waals surface area (Å²) >= 11 is 0. The summed E-state index contributed by atoms with van der Waals surface area (Å²) in [7, 11) is 0. The fraction of sp³-hybridized carbons (Fsp3) is 0.588. The molecule has 2 saturated heterocycles. The monoisotopic (exact) mass is 569 g/mol. The van der Waals surface area contributed by atoms with Crippen molar-refractivity contribution >= 4 is 23.2 Å². The molecule has 2 unspecified atom stereocenters. The number of likely N-dealkylation sites (tertiary alicyclic amines) is 1. The molecular formula is C34H43N5O3. The van der Waals surface area contributed by atoms with Crippen LogP contribution < -0.4 is 4.90 Å². The first-order valence-corrected chi connectivity index (χ1v) is 15.9. The van der Waals surface area contributed by atoms with Gasteiger partial charge >= 0.3 is 5.97 Å². The van der Waals surface area contributed by atoms with Gasteiger partial charge in [0, 0.05) is 31.6 Å². The van der Waals surface area contributed by atoms with Gasteiger partial charge in [0.25, 0.3) is 5.91 Å². The number of hydrogen-bond donors (Lipinski definition) is 1. The quantitative estimate of drug-likeness (QED) is 0.422. The van der Waals surface area contributed by atoms with Gasteiger partial charge in [0.05, 0.1) is 17.8 Å². The molecule has 2 aromatic heterocycles. The predicted octanol–water partition coefficient (Wildman–Crippen LogP) is 5.73. The van der Waals surface area contributed by atoms with Crippen LogP contribution in [0.1, 0.15) is 86.5 Å². The minimum atomic E-state index is -0.629. The molecule has 2 aliphatic heterocycles. The lowest BCUT2D eigenvalue weighted by atomic mass is 9.73. The first-order valence-electron chi connectivity index (χ1n) is 15.9. The zero-order chi connectivity index (χ0) is 29.1. The van der Waals surface area contributed by atoms with E-state index in [2.05, 4.69) is 55.1 Å². The number of carbonyl (C=O) groups excluding carboxylic acids is 1. The van der Waals surface area contributed by atoms with Crippen LogP contribution in [-0.4, -0.2) is 62.7 Å². The minimum absolute atomic E-state index is 0.0558. The Labute approximate surface area is 248 Å². The van der Waals surface area contributed by atoms with E-state index in [4.69, 9.17) is 10.1 Å². The van der Waals surface area contributed by atoms with Crippen LogP contribution in [0.3, 0.4) is 0 Å². The Hall–Kier alpha value is -3.42. The number of pyridine rings is 1. The maximum atomic E-state index is 13.7. The molecule has 4 aliphatic rings. The highest BCUT2D eigenvalue weighted by molar-refractivity contribution is 5.91. The number of carboxylic acid groups (broad SMARTS) is 1. The molecule has 0 radical (unpaired) electrons. The van der Waals surface area contributed by atoms with E-state index in [1.807, 2.05) is 11.1 Å². The lowest BCUT2D eigenvalue weighted by Crippen LogP contribution is -2.32. The average molecular weight is 570 g/mol. The summed E-state index contributed by atoms with van der Waals surface area (Å²) < 4.78 is 1.81. The highest BCUT2D eigenvalue weighted by Crippen LogP contribution is 2.52. The number of hydrogen-bond acceptors (Lipinski definition) is 5. The molecule has 3 atom stereocenters. The number of anilines is 1. The molecule has 1 N–H and O–H groups in total. The summed E-state index contributed by atoms with van der Waals surface area (Å²) in [6, 6.07) is 13.0. The van der Waals surface area contributed by atoms with E-state index in [0.29, 0.717) is 17.7 Å². The van der Waals surface area contributed by atoms with Gasteiger partial charge in [-0.15, -0.1) is 5.10 Å². The molecule has 42 heavy (non-hydrogen) atoms. The molecule has 0 bridgehead atoms. The van der Waals surface area contributed by atoms with E-state index >= 15 is 0 Å². The highest BCUT2D eigenvalue weighted by atomic mass is 16.4. The SMILES string of the molecule is Cc1cc(N2CC[C@](C)(c3ccccc3)C2)cn2nc(C(=O)N3CCC4(CCC(C5CCC(C(=O)O)CC5)C4)C3)nc12. The Morgan fingerprint density at radius 2 is 1.74 bits per heavy atom. The number of aryl methyl sites for hydroxylation is 1. The minimum Gasteiger partial charge on any atom is -0.481 e. The van der Waals surface area contributed by atoms with Crippen molar-refractivity contribution in [2.24, 2.45) is 23.2 Å². The molecule has 1 aromatic carbocycles. The van der Waals surface area contributed by atoms with Crippen LogP contribution in [0.2, 0.25) is 0 Å². The van der Waals surface area contributed by atoms with E-state index < -0.39 is 5.97 Å². The average Bonchev–Trinajstić information content (AvgIpc) is 3.80. The van der Waals surface area contributed by atoms with Crippen LogP contribution in [0.15, 0.2) is 42.6 Å². The lowest BCUT2D eigenvalue weighted by molar-refractivity contribution is -0.143. The van der Waals surface area contributed by atoms with Gasteiger partial charge in [-0.2, -0.15) is 0 Å². The fourth-order valence-corrected chi connectivity index (χ4v) is 8.76. The maximum Gasteiger partial charge on any atom is 0.306 e. The zero-order valence-corrected chi connectivity index (χ0v) is 25.0. The molecule has 8 heteroatoms. The molecule has 2 aliphatic carbocycles. The van der Waals surface area contributed by atoms with Crippen LogP contribution >= 0.6 is 0 Å². The molecular weight excluding hydrogens is 526 g/mol. The Kier molecular flexibility index (Phi) is 6.78. The van der Waals surface area contributed by atoms with Crippen molar-refractivity contribution in [3.05, 3.63) is 59.5 Å². The molecule has 3 aromatic rings. The summed E-state index contributed by atoms with van der Waals surface area (Å²) in [5.41, 5.74) is 4.59. The first kappa shape index (κ1) is 27.4. The first-order chi connectivity index (χ1) is 20.2. The van der Waals surface area contributed by atoms with Crippen molar-refractivity contribution in [2.75, 3.05) is 31.1 Å². The number of aromatic nitrogens is 3. The van der Waals surface area contributed by atoms with Gasteiger partial charge in [-0.1, -0.05) is 37.3 Å². The smallest absolute Gasteiger partial charge is 0.306 e. The van der Waals surface area contributed by atoms with Crippen molar-refractivity contribution in [3.8, 4) is 0 Å². The molecule has 2 saturated carbocycles. The standard InChI is InChI=1S/C34H43N5O3/c1-23-18-28(37-16-14-33(2,21-37)27-6-4-3-5-7-27)20-39-30(23)35-29(36-39)31(40)38-17-15-34(22-38)13-12-26(19-34)24-8-10-25(11-9-24)32(41)42/h3-7,18,20,24-26H,8-17,19,21-22H2,1-2H3,(H,41,42)/t24?,25?,26?,33-,34?/m0/s1. The van der Waals surface area contributed by atoms with Gasteiger partial charge < -0.3 is 14.9 Å². The number of rotatable bonds is 5. The Balaban J connectivity index is 1.02. The molecule has 7 rings (SSSR count). The summed E-state index contributed by atoms with van der Waals surface area (Å²) in [6.07, 6.45) is 11.4. The molecule has 4 fully saturated rings. The third-order valence-corrected chi connectivity index (χ3v) is 11.4. The van der Waals surface area contributed by atoms with Crippen LogP contribution in [0.4, 0.5) is 5.69 Å². The van der Waals surface area contributed by atoms with Gasteiger partial charge in [-0.25, -0.2) is 9.50 Å². The summed E-state index contributed by atoms with van der Waals surface area (Å²) in [6.45, 7) is 7.89. The number of fused-ring (bicyclic) bond motifs is 1.